The van der Waals surface area contributed by atoms with E-state index < -0.39 is 10.0 Å². The number of nitrogens with two attached hydrogens (primary N) is 1. The number of halogens is 1. The second-order valence-electron chi connectivity index (χ2n) is 4.28. The highest BCUT2D eigenvalue weighted by Crippen LogP contribution is 2.24. The van der Waals surface area contributed by atoms with Crippen LogP contribution in [0, 0.1) is 6.92 Å². The summed E-state index contributed by atoms with van der Waals surface area (Å²) in [5.41, 5.74) is 6.08. The minimum Gasteiger partial charge on any atom is -0.398 e. The van der Waals surface area contributed by atoms with Crippen LogP contribution in [0.3, 0.4) is 0 Å². The highest BCUT2D eigenvalue weighted by Gasteiger charge is 2.22. The van der Waals surface area contributed by atoms with Crippen molar-refractivity contribution in [2.24, 2.45) is 0 Å². The first-order valence-electron chi connectivity index (χ1n) is 5.70. The van der Waals surface area contributed by atoms with Crippen LogP contribution in [-0.2, 0) is 16.6 Å². The Hall–Kier alpha value is -1.45. The molecule has 2 aromatic rings. The van der Waals surface area contributed by atoms with Crippen molar-refractivity contribution in [2.45, 2.75) is 18.4 Å². The molecule has 0 bridgehead atoms. The molecule has 2 rings (SSSR count). The maximum Gasteiger partial charge on any atom is 0.243 e. The Balaban J connectivity index is 2.27. The first kappa shape index (κ1) is 14.9. The third kappa shape index (κ3) is 3.00. The summed E-state index contributed by atoms with van der Waals surface area (Å²) in [5.74, 6) is 1.05. The molecular weight excluding hydrogens is 346 g/mol. The van der Waals surface area contributed by atoms with Gasteiger partial charge in [-0.05, 0) is 41.1 Å². The van der Waals surface area contributed by atoms with Crippen LogP contribution in [-0.4, -0.2) is 35.0 Å². The lowest BCUT2D eigenvalue weighted by Crippen LogP contribution is -2.27. The number of hydrogen-bond donors (Lipinski definition) is 2. The van der Waals surface area contributed by atoms with Crippen LogP contribution in [0.15, 0.2) is 27.6 Å². The molecular formula is C11H14BrN5O2S. The minimum absolute atomic E-state index is 0.0860. The van der Waals surface area contributed by atoms with Gasteiger partial charge in [0, 0.05) is 17.2 Å². The van der Waals surface area contributed by atoms with E-state index in [0.717, 1.165) is 0 Å². The summed E-state index contributed by atoms with van der Waals surface area (Å²) in [6.07, 6.45) is 0. The van der Waals surface area contributed by atoms with E-state index in [1.165, 1.54) is 23.5 Å². The van der Waals surface area contributed by atoms with Crippen molar-refractivity contribution in [1.82, 2.24) is 19.5 Å². The average Bonchev–Trinajstić information content (AvgIpc) is 2.78. The number of sulfonamides is 1. The first-order chi connectivity index (χ1) is 9.30. The van der Waals surface area contributed by atoms with E-state index in [2.05, 4.69) is 31.1 Å². The van der Waals surface area contributed by atoms with Gasteiger partial charge in [-0.1, -0.05) is 0 Å². The fraction of sp³-hybridized carbons (Fsp3) is 0.273. The van der Waals surface area contributed by atoms with Crippen LogP contribution in [0.5, 0.6) is 0 Å². The molecule has 0 atom stereocenters. The number of aryl methyl sites for hydroxylation is 1. The highest BCUT2D eigenvalue weighted by molar-refractivity contribution is 9.10. The van der Waals surface area contributed by atoms with Crippen molar-refractivity contribution in [3.8, 4) is 0 Å². The summed E-state index contributed by atoms with van der Waals surface area (Å²) in [6.45, 7) is 1.84. The van der Waals surface area contributed by atoms with Crippen molar-refractivity contribution in [1.29, 1.82) is 0 Å². The normalized spacial score (nSPS) is 12.0. The monoisotopic (exact) mass is 359 g/mol. The molecule has 0 radical (unpaired) electrons. The molecule has 0 spiro atoms. The Morgan fingerprint density at radius 2 is 2.15 bits per heavy atom. The maximum absolute atomic E-state index is 12.4. The van der Waals surface area contributed by atoms with Crippen LogP contribution in [0.2, 0.25) is 0 Å². The lowest BCUT2D eigenvalue weighted by Gasteiger charge is -2.16. The summed E-state index contributed by atoms with van der Waals surface area (Å²) < 4.78 is 26.6. The van der Waals surface area contributed by atoms with Crippen molar-refractivity contribution >= 4 is 31.6 Å². The second-order valence-corrected chi connectivity index (χ2v) is 7.18. The lowest BCUT2D eigenvalue weighted by molar-refractivity contribution is 0.457. The van der Waals surface area contributed by atoms with Gasteiger partial charge >= 0.3 is 0 Å². The van der Waals surface area contributed by atoms with E-state index in [-0.39, 0.29) is 11.4 Å². The Kier molecular flexibility index (Phi) is 4.11. The molecule has 1 aromatic carbocycles. The van der Waals surface area contributed by atoms with Gasteiger partial charge in [-0.25, -0.2) is 13.4 Å². The Morgan fingerprint density at radius 1 is 1.45 bits per heavy atom. The molecule has 0 unspecified atom stereocenters. The van der Waals surface area contributed by atoms with Gasteiger partial charge in [0.05, 0.1) is 11.4 Å². The number of nitrogens with one attached hydrogen (secondary N) is 1. The van der Waals surface area contributed by atoms with Crippen LogP contribution < -0.4 is 5.73 Å². The number of nitrogens with zero attached hydrogens (tertiary/aromatic N) is 3. The maximum atomic E-state index is 12.4. The van der Waals surface area contributed by atoms with Gasteiger partial charge in [0.2, 0.25) is 10.0 Å². The second kappa shape index (κ2) is 5.51. The molecule has 1 aromatic heterocycles. The zero-order valence-electron chi connectivity index (χ0n) is 11.0. The number of benzene rings is 1. The number of rotatable bonds is 4. The lowest BCUT2D eigenvalue weighted by atomic mass is 10.3. The summed E-state index contributed by atoms with van der Waals surface area (Å²) in [7, 11) is -2.16. The van der Waals surface area contributed by atoms with Crippen LogP contribution in [0.1, 0.15) is 11.6 Å². The summed E-state index contributed by atoms with van der Waals surface area (Å²) in [4.78, 5) is 4.22. The van der Waals surface area contributed by atoms with Crippen molar-refractivity contribution in [3.63, 3.8) is 0 Å². The summed E-state index contributed by atoms with van der Waals surface area (Å²) >= 11 is 3.23. The molecule has 1 heterocycles. The van der Waals surface area contributed by atoms with E-state index in [9.17, 15) is 8.42 Å². The van der Waals surface area contributed by atoms with Gasteiger partial charge < -0.3 is 5.73 Å². The number of nitrogen functional groups attached to an aromatic ring is 1. The zero-order chi connectivity index (χ0) is 14.9. The molecule has 3 N–H and O–H groups in total. The molecule has 108 valence electrons. The molecule has 0 amide bonds. The van der Waals surface area contributed by atoms with E-state index in [1.54, 1.807) is 13.0 Å². The molecule has 0 saturated carbocycles. The van der Waals surface area contributed by atoms with E-state index in [4.69, 9.17) is 5.73 Å². The summed E-state index contributed by atoms with van der Waals surface area (Å²) in [5, 5.41) is 6.59. The van der Waals surface area contributed by atoms with Gasteiger partial charge in [0.25, 0.3) is 0 Å². The molecule has 0 fully saturated rings. The van der Waals surface area contributed by atoms with E-state index in [0.29, 0.717) is 21.8 Å². The molecule has 0 aliphatic rings. The minimum atomic E-state index is -3.63. The van der Waals surface area contributed by atoms with Crippen molar-refractivity contribution < 1.29 is 8.42 Å². The fourth-order valence-electron chi connectivity index (χ4n) is 1.61. The molecule has 7 nitrogen and oxygen atoms in total. The Labute approximate surface area is 125 Å². The van der Waals surface area contributed by atoms with Crippen LogP contribution in [0.25, 0.3) is 0 Å². The highest BCUT2D eigenvalue weighted by atomic mass is 79.9. The number of aromatic amines is 1. The largest absolute Gasteiger partial charge is 0.398 e. The standard InChI is InChI=1S/C11H14BrN5O2S/c1-7-14-11(16-15-7)6-17(2)20(18,19)8-3-4-9(12)10(13)5-8/h3-5H,6,13H2,1-2H3,(H,14,15,16). The van der Waals surface area contributed by atoms with Crippen molar-refractivity contribution in [3.05, 3.63) is 34.3 Å². The first-order valence-corrected chi connectivity index (χ1v) is 7.93. The van der Waals surface area contributed by atoms with E-state index in [1.807, 2.05) is 0 Å². The molecule has 0 aliphatic heterocycles. The molecule has 9 heteroatoms. The number of H-pyrrole nitrogens is 1. The van der Waals surface area contributed by atoms with Gasteiger partial charge in [0.15, 0.2) is 5.82 Å². The molecule has 20 heavy (non-hydrogen) atoms. The number of hydrogen-bond acceptors (Lipinski definition) is 5. The predicted octanol–water partition coefficient (Wildman–Crippen LogP) is 1.28. The predicted molar refractivity (Wildman–Crippen MR) is 78.3 cm³/mol. The summed E-state index contributed by atoms with van der Waals surface area (Å²) in [6, 6.07) is 4.52. The third-order valence-corrected chi connectivity index (χ3v) is 5.20. The zero-order valence-corrected chi connectivity index (χ0v) is 13.4. The smallest absolute Gasteiger partial charge is 0.243 e. The van der Waals surface area contributed by atoms with Crippen LogP contribution >= 0.6 is 15.9 Å². The molecule has 0 aliphatic carbocycles. The Morgan fingerprint density at radius 3 is 2.70 bits per heavy atom. The Bertz CT molecular complexity index is 728. The van der Waals surface area contributed by atoms with Crippen molar-refractivity contribution in [2.75, 3.05) is 12.8 Å². The molecule has 0 saturated heterocycles. The van der Waals surface area contributed by atoms with Gasteiger partial charge in [0.1, 0.15) is 5.82 Å². The van der Waals surface area contributed by atoms with Gasteiger partial charge in [-0.2, -0.15) is 9.40 Å². The third-order valence-electron chi connectivity index (χ3n) is 2.68. The number of anilines is 1. The quantitative estimate of drug-likeness (QED) is 0.799. The topological polar surface area (TPSA) is 105 Å². The van der Waals surface area contributed by atoms with E-state index >= 15 is 0 Å². The number of aromatic nitrogens is 3. The van der Waals surface area contributed by atoms with Gasteiger partial charge in [-0.15, -0.1) is 0 Å². The SMILES string of the molecule is Cc1nc(CN(C)S(=O)(=O)c2ccc(Br)c(N)c2)n[nH]1. The fourth-order valence-corrected chi connectivity index (χ4v) is 3.01. The van der Waals surface area contributed by atoms with Gasteiger partial charge in [-0.3, -0.25) is 5.10 Å². The van der Waals surface area contributed by atoms with Crippen LogP contribution in [0.4, 0.5) is 5.69 Å². The average molecular weight is 360 g/mol.